The van der Waals surface area contributed by atoms with Crippen molar-refractivity contribution in [3.63, 3.8) is 0 Å². The van der Waals surface area contributed by atoms with Crippen molar-refractivity contribution in [3.05, 3.63) is 22.9 Å². The second kappa shape index (κ2) is 4.65. The fourth-order valence-corrected chi connectivity index (χ4v) is 3.10. The first-order valence-corrected chi connectivity index (χ1v) is 7.39. The first-order valence-electron chi connectivity index (χ1n) is 6.59. The number of hydrogen-bond acceptors (Lipinski definition) is 2. The molecule has 2 saturated carbocycles. The van der Waals surface area contributed by atoms with Gasteiger partial charge in [0.15, 0.2) is 0 Å². The van der Waals surface area contributed by atoms with Gasteiger partial charge >= 0.3 is 0 Å². The number of halogens is 1. The Morgan fingerprint density at radius 3 is 2.56 bits per heavy atom. The van der Waals surface area contributed by atoms with Gasteiger partial charge in [-0.15, -0.1) is 0 Å². The fourth-order valence-electron chi connectivity index (χ4n) is 2.86. The van der Waals surface area contributed by atoms with E-state index in [4.69, 9.17) is 0 Å². The van der Waals surface area contributed by atoms with Crippen LogP contribution < -0.4 is 5.32 Å². The third kappa shape index (κ3) is 2.58. The van der Waals surface area contributed by atoms with Crippen LogP contribution in [0.2, 0.25) is 0 Å². The van der Waals surface area contributed by atoms with E-state index in [0.29, 0.717) is 5.41 Å². The molecular formula is C14H17BrN2O. The monoisotopic (exact) mass is 308 g/mol. The Kier molecular flexibility index (Phi) is 3.14. The van der Waals surface area contributed by atoms with Crippen molar-refractivity contribution in [1.29, 1.82) is 0 Å². The first kappa shape index (κ1) is 12.2. The van der Waals surface area contributed by atoms with E-state index < -0.39 is 0 Å². The van der Waals surface area contributed by atoms with E-state index in [-0.39, 0.29) is 11.8 Å². The molecule has 1 amide bonds. The number of carbonyl (C=O) groups is 1. The van der Waals surface area contributed by atoms with Crippen LogP contribution in [0.25, 0.3) is 0 Å². The topological polar surface area (TPSA) is 42.0 Å². The smallest absolute Gasteiger partial charge is 0.227 e. The highest BCUT2D eigenvalue weighted by molar-refractivity contribution is 9.10. The van der Waals surface area contributed by atoms with Gasteiger partial charge in [-0.3, -0.25) is 4.79 Å². The average Bonchev–Trinajstić information content (AvgIpc) is 3.12. The molecule has 1 aromatic heterocycles. The van der Waals surface area contributed by atoms with Gasteiger partial charge in [0.25, 0.3) is 0 Å². The van der Waals surface area contributed by atoms with Crippen molar-refractivity contribution in [3.8, 4) is 0 Å². The van der Waals surface area contributed by atoms with Crippen LogP contribution in [0.4, 0.5) is 5.69 Å². The van der Waals surface area contributed by atoms with E-state index in [0.717, 1.165) is 23.1 Å². The second-order valence-corrected chi connectivity index (χ2v) is 6.45. The zero-order valence-corrected chi connectivity index (χ0v) is 11.9. The van der Waals surface area contributed by atoms with Crippen LogP contribution in [0.1, 0.15) is 38.5 Å². The summed E-state index contributed by atoms with van der Waals surface area (Å²) in [6.07, 6.45) is 9.04. The Bertz CT molecular complexity index is 443. The molecule has 0 saturated heterocycles. The molecule has 3 nitrogen and oxygen atoms in total. The summed E-state index contributed by atoms with van der Waals surface area (Å²) in [5.41, 5.74) is 1.44. The first-order chi connectivity index (χ1) is 8.67. The standard InChI is InChI=1S/C14H17BrN2O/c15-12-2-1-11(9-16-12)17-13(18)10-3-5-14(6-4-10)7-8-14/h1-2,9-10H,3-8H2,(H,17,18). The van der Waals surface area contributed by atoms with Crippen LogP contribution in [0, 0.1) is 11.3 Å². The lowest BCUT2D eigenvalue weighted by Gasteiger charge is -2.27. The predicted molar refractivity (Wildman–Crippen MR) is 74.2 cm³/mol. The van der Waals surface area contributed by atoms with Gasteiger partial charge in [0, 0.05) is 5.92 Å². The number of nitrogens with one attached hydrogen (secondary N) is 1. The number of pyridine rings is 1. The molecule has 0 aliphatic heterocycles. The zero-order valence-electron chi connectivity index (χ0n) is 10.3. The molecule has 3 rings (SSSR count). The lowest BCUT2D eigenvalue weighted by molar-refractivity contribution is -0.121. The van der Waals surface area contributed by atoms with Crippen LogP contribution in [0.15, 0.2) is 22.9 Å². The molecule has 0 aromatic carbocycles. The van der Waals surface area contributed by atoms with E-state index in [1.54, 1.807) is 6.20 Å². The zero-order chi connectivity index (χ0) is 12.6. The Balaban J connectivity index is 1.56. The molecule has 1 aromatic rings. The Morgan fingerprint density at radius 2 is 2.00 bits per heavy atom. The van der Waals surface area contributed by atoms with E-state index in [1.165, 1.54) is 25.7 Å². The summed E-state index contributed by atoms with van der Waals surface area (Å²) >= 11 is 3.28. The molecule has 1 spiro atoms. The van der Waals surface area contributed by atoms with Gasteiger partial charge in [0.2, 0.25) is 5.91 Å². The summed E-state index contributed by atoms with van der Waals surface area (Å²) in [6, 6.07) is 3.72. The molecule has 1 N–H and O–H groups in total. The van der Waals surface area contributed by atoms with E-state index in [9.17, 15) is 4.79 Å². The van der Waals surface area contributed by atoms with Crippen molar-refractivity contribution in [2.75, 3.05) is 5.32 Å². The molecular weight excluding hydrogens is 292 g/mol. The highest BCUT2D eigenvalue weighted by Crippen LogP contribution is 2.57. The molecule has 0 bridgehead atoms. The lowest BCUT2D eigenvalue weighted by Crippen LogP contribution is -2.27. The SMILES string of the molecule is O=C(Nc1ccc(Br)nc1)C1CCC2(CC1)CC2. The minimum atomic E-state index is 0.162. The number of rotatable bonds is 2. The van der Waals surface area contributed by atoms with Crippen LogP contribution in [-0.2, 0) is 4.79 Å². The number of nitrogens with zero attached hydrogens (tertiary/aromatic N) is 1. The number of aromatic nitrogens is 1. The van der Waals surface area contributed by atoms with Gasteiger partial charge in [-0.1, -0.05) is 0 Å². The molecule has 0 atom stereocenters. The van der Waals surface area contributed by atoms with Gasteiger partial charge in [0.1, 0.15) is 4.60 Å². The maximum Gasteiger partial charge on any atom is 0.227 e. The van der Waals surface area contributed by atoms with Crippen LogP contribution in [0.3, 0.4) is 0 Å². The van der Waals surface area contributed by atoms with Crippen LogP contribution in [0.5, 0.6) is 0 Å². The summed E-state index contributed by atoms with van der Waals surface area (Å²) in [5.74, 6) is 0.356. The molecule has 1 heterocycles. The molecule has 0 unspecified atom stereocenters. The molecule has 4 heteroatoms. The third-order valence-electron chi connectivity index (χ3n) is 4.37. The number of hydrogen-bond donors (Lipinski definition) is 1. The van der Waals surface area contributed by atoms with Crippen molar-refractivity contribution in [1.82, 2.24) is 4.98 Å². The predicted octanol–water partition coefficient (Wildman–Crippen LogP) is 3.75. The number of carbonyl (C=O) groups excluding carboxylic acids is 1. The van der Waals surface area contributed by atoms with E-state index in [1.807, 2.05) is 12.1 Å². The van der Waals surface area contributed by atoms with Crippen molar-refractivity contribution < 1.29 is 4.79 Å². The quantitative estimate of drug-likeness (QED) is 0.845. The molecule has 2 aliphatic rings. The summed E-state index contributed by atoms with van der Waals surface area (Å²) in [4.78, 5) is 16.2. The van der Waals surface area contributed by atoms with Gasteiger partial charge in [0.05, 0.1) is 11.9 Å². The van der Waals surface area contributed by atoms with E-state index >= 15 is 0 Å². The highest BCUT2D eigenvalue weighted by Gasteiger charge is 2.45. The Morgan fingerprint density at radius 1 is 1.28 bits per heavy atom. The van der Waals surface area contributed by atoms with Crippen molar-refractivity contribution in [2.24, 2.45) is 11.3 Å². The Labute approximate surface area is 116 Å². The van der Waals surface area contributed by atoms with Crippen LogP contribution in [-0.4, -0.2) is 10.9 Å². The average molecular weight is 309 g/mol. The number of amides is 1. The van der Waals surface area contributed by atoms with Gasteiger partial charge in [-0.25, -0.2) is 4.98 Å². The van der Waals surface area contributed by atoms with Crippen molar-refractivity contribution >= 4 is 27.5 Å². The van der Waals surface area contributed by atoms with E-state index in [2.05, 4.69) is 26.2 Å². The molecule has 2 fully saturated rings. The summed E-state index contributed by atoms with van der Waals surface area (Å²) in [7, 11) is 0. The molecule has 18 heavy (non-hydrogen) atoms. The highest BCUT2D eigenvalue weighted by atomic mass is 79.9. The summed E-state index contributed by atoms with van der Waals surface area (Å²) in [6.45, 7) is 0. The molecule has 96 valence electrons. The van der Waals surface area contributed by atoms with Crippen LogP contribution >= 0.6 is 15.9 Å². The lowest BCUT2D eigenvalue weighted by atomic mass is 9.79. The third-order valence-corrected chi connectivity index (χ3v) is 4.84. The van der Waals surface area contributed by atoms with Gasteiger partial charge in [-0.2, -0.15) is 0 Å². The Hall–Kier alpha value is -0.900. The number of anilines is 1. The maximum atomic E-state index is 12.1. The van der Waals surface area contributed by atoms with Gasteiger partial charge < -0.3 is 5.32 Å². The normalized spacial score (nSPS) is 21.8. The fraction of sp³-hybridized carbons (Fsp3) is 0.571. The molecule has 2 aliphatic carbocycles. The summed E-state index contributed by atoms with van der Waals surface area (Å²) < 4.78 is 0.786. The second-order valence-electron chi connectivity index (χ2n) is 5.63. The minimum absolute atomic E-state index is 0.162. The van der Waals surface area contributed by atoms with Gasteiger partial charge in [-0.05, 0) is 72.0 Å². The maximum absolute atomic E-state index is 12.1. The molecule has 0 radical (unpaired) electrons. The van der Waals surface area contributed by atoms with Crippen molar-refractivity contribution in [2.45, 2.75) is 38.5 Å². The largest absolute Gasteiger partial charge is 0.324 e. The summed E-state index contributed by atoms with van der Waals surface area (Å²) in [5, 5.41) is 2.96. The minimum Gasteiger partial charge on any atom is -0.324 e.